The Morgan fingerprint density at radius 1 is 1.29 bits per heavy atom. The molecule has 1 aliphatic rings. The van der Waals surface area contributed by atoms with Gasteiger partial charge in [-0.15, -0.1) is 11.3 Å². The third kappa shape index (κ3) is 3.05. The van der Waals surface area contributed by atoms with Crippen LogP contribution >= 0.6 is 11.3 Å². The number of nitrogens with zero attached hydrogens (tertiary/aromatic N) is 3. The van der Waals surface area contributed by atoms with Crippen molar-refractivity contribution in [2.75, 3.05) is 5.32 Å². The number of carbonyl (C=O) groups is 2. The molecular weight excluding hydrogens is 374 g/mol. The summed E-state index contributed by atoms with van der Waals surface area (Å²) in [5, 5.41) is 8.70. The first-order valence-electron chi connectivity index (χ1n) is 8.91. The number of aromatic nitrogens is 2. The molecule has 1 atom stereocenters. The van der Waals surface area contributed by atoms with Crippen LogP contribution in [0.25, 0.3) is 10.9 Å². The lowest BCUT2D eigenvalue weighted by Gasteiger charge is -2.21. The average Bonchev–Trinajstić information content (AvgIpc) is 3.29. The predicted molar refractivity (Wildman–Crippen MR) is 110 cm³/mol. The zero-order chi connectivity index (χ0) is 19.9. The van der Waals surface area contributed by atoms with Gasteiger partial charge in [0.15, 0.2) is 11.0 Å². The van der Waals surface area contributed by atoms with Gasteiger partial charge in [0.05, 0.1) is 11.1 Å². The number of thiazole rings is 1. The van der Waals surface area contributed by atoms with Gasteiger partial charge in [-0.25, -0.2) is 15.0 Å². The molecule has 3 aromatic rings. The number of hydrogen-bond donors (Lipinski definition) is 2. The van der Waals surface area contributed by atoms with E-state index in [4.69, 9.17) is 0 Å². The average molecular weight is 393 g/mol. The Morgan fingerprint density at radius 2 is 2.07 bits per heavy atom. The first kappa shape index (κ1) is 18.2. The Kier molecular flexibility index (Phi) is 4.43. The van der Waals surface area contributed by atoms with Crippen molar-refractivity contribution in [3.8, 4) is 0 Å². The van der Waals surface area contributed by atoms with Crippen molar-refractivity contribution in [2.45, 2.75) is 26.3 Å². The van der Waals surface area contributed by atoms with Crippen LogP contribution in [0, 0.1) is 5.92 Å². The highest BCUT2D eigenvalue weighted by Crippen LogP contribution is 2.28. The van der Waals surface area contributed by atoms with E-state index < -0.39 is 5.54 Å². The van der Waals surface area contributed by atoms with Crippen LogP contribution in [0.4, 0.5) is 5.13 Å². The Labute approximate surface area is 165 Å². The summed E-state index contributed by atoms with van der Waals surface area (Å²) in [7, 11) is 0. The summed E-state index contributed by atoms with van der Waals surface area (Å²) in [4.78, 5) is 38.9. The summed E-state index contributed by atoms with van der Waals surface area (Å²) in [6, 6.07) is 9.28. The third-order valence-electron chi connectivity index (χ3n) is 5.01. The fraction of sp³-hybridized carbons (Fsp3) is 0.250. The highest BCUT2D eigenvalue weighted by atomic mass is 32.1. The summed E-state index contributed by atoms with van der Waals surface area (Å²) in [5.74, 6) is -0.230. The number of amides is 2. The van der Waals surface area contributed by atoms with Gasteiger partial charge >= 0.3 is 0 Å². The second-order valence-corrected chi connectivity index (χ2v) is 7.98. The van der Waals surface area contributed by atoms with Gasteiger partial charge in [0, 0.05) is 17.0 Å². The van der Waals surface area contributed by atoms with Crippen molar-refractivity contribution < 1.29 is 9.59 Å². The van der Waals surface area contributed by atoms with Crippen LogP contribution in [-0.2, 0) is 4.79 Å². The lowest BCUT2D eigenvalue weighted by Crippen LogP contribution is -2.41. The molecule has 2 amide bonds. The summed E-state index contributed by atoms with van der Waals surface area (Å²) in [6.45, 7) is 5.67. The largest absolute Gasteiger partial charge is 0.307 e. The van der Waals surface area contributed by atoms with E-state index in [0.717, 1.165) is 10.9 Å². The normalized spacial score (nSPS) is 19.0. The van der Waals surface area contributed by atoms with Gasteiger partial charge in [-0.2, -0.15) is 0 Å². The quantitative estimate of drug-likeness (QED) is 0.711. The smallest absolute Gasteiger partial charge is 0.259 e. The number of fused-ring (bicyclic) bond motifs is 1. The monoisotopic (exact) mass is 393 g/mol. The van der Waals surface area contributed by atoms with Crippen molar-refractivity contribution in [3.63, 3.8) is 0 Å². The lowest BCUT2D eigenvalue weighted by atomic mass is 9.89. The Hall–Kier alpha value is -3.13. The number of pyridine rings is 1. The van der Waals surface area contributed by atoms with E-state index in [1.54, 1.807) is 24.6 Å². The molecule has 7 nitrogen and oxygen atoms in total. The number of anilines is 1. The first-order valence-corrected chi connectivity index (χ1v) is 9.79. The van der Waals surface area contributed by atoms with Gasteiger partial charge in [-0.05, 0) is 25.0 Å². The Bertz CT molecular complexity index is 1110. The minimum atomic E-state index is -0.897. The van der Waals surface area contributed by atoms with Crippen LogP contribution in [0.15, 0.2) is 46.9 Å². The second kappa shape index (κ2) is 6.79. The van der Waals surface area contributed by atoms with E-state index in [9.17, 15) is 9.59 Å². The molecule has 2 N–H and O–H groups in total. The van der Waals surface area contributed by atoms with E-state index in [0.29, 0.717) is 22.2 Å². The summed E-state index contributed by atoms with van der Waals surface area (Å²) in [6.07, 6.45) is 1.62. The standard InChI is InChI=1S/C20H19N5O2S/c1-11(2)20(3)18(27)23-16(25-20)15-13(17(26)24-19-21-8-9-28-19)10-12-6-4-5-7-14(12)22-15/h4-11H,1-3H3,(H,21,24,26)(H,23,25,27). The van der Waals surface area contributed by atoms with Crippen molar-refractivity contribution in [1.82, 2.24) is 15.3 Å². The number of aliphatic imine (C=N–C) groups is 1. The molecule has 28 heavy (non-hydrogen) atoms. The minimum Gasteiger partial charge on any atom is -0.307 e. The lowest BCUT2D eigenvalue weighted by molar-refractivity contribution is -0.124. The van der Waals surface area contributed by atoms with Gasteiger partial charge in [0.2, 0.25) is 0 Å². The Morgan fingerprint density at radius 3 is 2.75 bits per heavy atom. The third-order valence-corrected chi connectivity index (χ3v) is 5.69. The molecule has 0 fully saturated rings. The van der Waals surface area contributed by atoms with E-state index in [2.05, 4.69) is 25.6 Å². The fourth-order valence-electron chi connectivity index (χ4n) is 2.97. The van der Waals surface area contributed by atoms with Gasteiger partial charge in [0.25, 0.3) is 11.8 Å². The van der Waals surface area contributed by atoms with Crippen LogP contribution in [0.1, 0.15) is 36.8 Å². The highest BCUT2D eigenvalue weighted by Gasteiger charge is 2.43. The number of rotatable bonds is 4. The maximum absolute atomic E-state index is 13.0. The van der Waals surface area contributed by atoms with Crippen molar-refractivity contribution in [1.29, 1.82) is 0 Å². The maximum atomic E-state index is 13.0. The van der Waals surface area contributed by atoms with Gasteiger partial charge in [0.1, 0.15) is 11.2 Å². The minimum absolute atomic E-state index is 0.00180. The molecule has 0 spiro atoms. The zero-order valence-electron chi connectivity index (χ0n) is 15.7. The number of carbonyl (C=O) groups excluding carboxylic acids is 2. The zero-order valence-corrected chi connectivity index (χ0v) is 16.5. The molecular formula is C20H19N5O2S. The molecule has 0 bridgehead atoms. The maximum Gasteiger partial charge on any atom is 0.259 e. The number of hydrogen-bond acceptors (Lipinski definition) is 6. The summed E-state index contributed by atoms with van der Waals surface area (Å²) in [5.41, 5.74) is 0.510. The van der Waals surface area contributed by atoms with Crippen molar-refractivity contribution in [3.05, 3.63) is 53.2 Å². The SMILES string of the molecule is CC(C)C1(C)N=C(c2nc3ccccc3cc2C(=O)Nc2nccs2)NC1=O. The molecule has 8 heteroatoms. The van der Waals surface area contributed by atoms with E-state index in [1.807, 2.05) is 38.1 Å². The number of nitrogens with one attached hydrogen (secondary N) is 2. The molecule has 1 aromatic carbocycles. The van der Waals surface area contributed by atoms with Gasteiger partial charge in [-0.3, -0.25) is 14.9 Å². The van der Waals surface area contributed by atoms with E-state index >= 15 is 0 Å². The molecule has 3 heterocycles. The summed E-state index contributed by atoms with van der Waals surface area (Å²) >= 11 is 1.33. The van der Waals surface area contributed by atoms with Crippen LogP contribution in [0.5, 0.6) is 0 Å². The molecule has 0 saturated heterocycles. The number of amidine groups is 1. The van der Waals surface area contributed by atoms with Crippen LogP contribution < -0.4 is 10.6 Å². The summed E-state index contributed by atoms with van der Waals surface area (Å²) < 4.78 is 0. The van der Waals surface area contributed by atoms with Crippen molar-refractivity contribution >= 4 is 45.0 Å². The molecule has 4 rings (SSSR count). The topological polar surface area (TPSA) is 96.3 Å². The van der Waals surface area contributed by atoms with E-state index in [1.165, 1.54) is 11.3 Å². The van der Waals surface area contributed by atoms with Crippen LogP contribution in [0.2, 0.25) is 0 Å². The number of para-hydroxylation sites is 1. The van der Waals surface area contributed by atoms with Crippen LogP contribution in [-0.4, -0.2) is 33.2 Å². The van der Waals surface area contributed by atoms with E-state index in [-0.39, 0.29) is 17.7 Å². The molecule has 0 radical (unpaired) electrons. The molecule has 0 aliphatic carbocycles. The highest BCUT2D eigenvalue weighted by molar-refractivity contribution is 7.13. The van der Waals surface area contributed by atoms with Crippen LogP contribution in [0.3, 0.4) is 0 Å². The van der Waals surface area contributed by atoms with Crippen molar-refractivity contribution in [2.24, 2.45) is 10.9 Å². The predicted octanol–water partition coefficient (Wildman–Crippen LogP) is 3.23. The molecule has 1 aliphatic heterocycles. The van der Waals surface area contributed by atoms with Gasteiger partial charge < -0.3 is 5.32 Å². The number of benzene rings is 1. The molecule has 2 aromatic heterocycles. The molecule has 142 valence electrons. The molecule has 0 saturated carbocycles. The van der Waals surface area contributed by atoms with Gasteiger partial charge in [-0.1, -0.05) is 32.0 Å². The second-order valence-electron chi connectivity index (χ2n) is 7.09. The Balaban J connectivity index is 1.85. The fourth-order valence-corrected chi connectivity index (χ4v) is 3.49. The first-order chi connectivity index (χ1) is 13.4. The molecule has 1 unspecified atom stereocenters.